The van der Waals surface area contributed by atoms with Gasteiger partial charge < -0.3 is 24.8 Å². The average Bonchev–Trinajstić information content (AvgIpc) is 2.79. The van der Waals surface area contributed by atoms with E-state index in [-0.39, 0.29) is 6.61 Å². The number of benzene rings is 3. The first-order valence-electron chi connectivity index (χ1n) is 9.85. The van der Waals surface area contributed by atoms with Gasteiger partial charge in [0.15, 0.2) is 13.2 Å². The average molecular weight is 420 g/mol. The summed E-state index contributed by atoms with van der Waals surface area (Å²) in [6.45, 7) is 1.78. The lowest BCUT2D eigenvalue weighted by atomic mass is 10.2. The molecule has 0 fully saturated rings. The maximum absolute atomic E-state index is 11.9. The van der Waals surface area contributed by atoms with Gasteiger partial charge in [0.1, 0.15) is 11.5 Å². The Bertz CT molecular complexity index is 973. The quantitative estimate of drug-likeness (QED) is 0.473. The van der Waals surface area contributed by atoms with Crippen LogP contribution in [0.15, 0.2) is 78.9 Å². The molecule has 0 spiro atoms. The third-order valence-corrected chi connectivity index (χ3v) is 4.09. The van der Waals surface area contributed by atoms with E-state index >= 15 is 0 Å². The molecule has 1 amide bonds. The van der Waals surface area contributed by atoms with Gasteiger partial charge in [-0.1, -0.05) is 18.2 Å². The van der Waals surface area contributed by atoms with Gasteiger partial charge in [-0.05, 0) is 67.6 Å². The summed E-state index contributed by atoms with van der Waals surface area (Å²) in [4.78, 5) is 23.8. The van der Waals surface area contributed by atoms with Crippen LogP contribution in [0.5, 0.6) is 11.5 Å². The summed E-state index contributed by atoms with van der Waals surface area (Å²) >= 11 is 0. The molecule has 0 saturated heterocycles. The second kappa shape index (κ2) is 11.3. The Labute approximate surface area is 180 Å². The summed E-state index contributed by atoms with van der Waals surface area (Å²) in [6.07, 6.45) is 0. The van der Waals surface area contributed by atoms with Crippen LogP contribution >= 0.6 is 0 Å². The van der Waals surface area contributed by atoms with Crippen molar-refractivity contribution in [3.63, 3.8) is 0 Å². The number of rotatable bonds is 10. The molecule has 3 rings (SSSR count). The molecule has 0 atom stereocenters. The number of carbonyl (C=O) groups is 2. The fourth-order valence-electron chi connectivity index (χ4n) is 2.65. The highest BCUT2D eigenvalue weighted by Gasteiger charge is 2.09. The van der Waals surface area contributed by atoms with E-state index in [1.165, 1.54) is 0 Å². The fourth-order valence-corrected chi connectivity index (χ4v) is 2.65. The van der Waals surface area contributed by atoms with Gasteiger partial charge in [-0.15, -0.1) is 0 Å². The minimum Gasteiger partial charge on any atom is -0.494 e. The van der Waals surface area contributed by atoms with Crippen molar-refractivity contribution >= 4 is 28.9 Å². The first kappa shape index (κ1) is 21.7. The second-order valence-electron chi connectivity index (χ2n) is 6.47. The zero-order valence-electron chi connectivity index (χ0n) is 17.2. The lowest BCUT2D eigenvalue weighted by Gasteiger charge is -2.10. The lowest BCUT2D eigenvalue weighted by molar-refractivity contribution is -0.149. The van der Waals surface area contributed by atoms with Gasteiger partial charge in [0.2, 0.25) is 0 Å². The van der Waals surface area contributed by atoms with Gasteiger partial charge in [0.25, 0.3) is 5.91 Å². The van der Waals surface area contributed by atoms with Crippen LogP contribution < -0.4 is 20.1 Å². The summed E-state index contributed by atoms with van der Waals surface area (Å²) in [5, 5.41) is 5.91. The molecule has 0 aliphatic rings. The SMILES string of the molecule is CCOc1ccc(NC(=O)COC(=O)COc2ccc(Nc3ccccc3)cc2)cc1. The number of esters is 1. The summed E-state index contributed by atoms with van der Waals surface area (Å²) in [5.74, 6) is 0.171. The van der Waals surface area contributed by atoms with Gasteiger partial charge in [0.05, 0.1) is 6.61 Å². The minimum absolute atomic E-state index is 0.290. The van der Waals surface area contributed by atoms with E-state index in [0.29, 0.717) is 23.8 Å². The molecule has 3 aromatic carbocycles. The molecule has 0 bridgehead atoms. The number of ether oxygens (including phenoxy) is 3. The molecule has 2 N–H and O–H groups in total. The van der Waals surface area contributed by atoms with Crippen LogP contribution in [-0.2, 0) is 14.3 Å². The molecule has 0 heterocycles. The van der Waals surface area contributed by atoms with Gasteiger partial charge in [0, 0.05) is 17.1 Å². The summed E-state index contributed by atoms with van der Waals surface area (Å²) in [7, 11) is 0. The molecular weight excluding hydrogens is 396 g/mol. The number of para-hydroxylation sites is 1. The van der Waals surface area contributed by atoms with E-state index in [9.17, 15) is 9.59 Å². The molecule has 0 aromatic heterocycles. The van der Waals surface area contributed by atoms with Crippen LogP contribution in [0.2, 0.25) is 0 Å². The Morgan fingerprint density at radius 2 is 1.29 bits per heavy atom. The standard InChI is InChI=1S/C24H24N2O5/c1-2-29-21-12-10-20(11-13-21)26-23(27)16-31-24(28)17-30-22-14-8-19(9-15-22)25-18-6-4-3-5-7-18/h3-15,25H,2,16-17H2,1H3,(H,26,27). The molecule has 7 heteroatoms. The highest BCUT2D eigenvalue weighted by Crippen LogP contribution is 2.20. The topological polar surface area (TPSA) is 85.9 Å². The summed E-state index contributed by atoms with van der Waals surface area (Å²) in [6, 6.07) is 23.9. The smallest absolute Gasteiger partial charge is 0.344 e. The van der Waals surface area contributed by atoms with E-state index in [2.05, 4.69) is 10.6 Å². The zero-order valence-corrected chi connectivity index (χ0v) is 17.2. The van der Waals surface area contributed by atoms with Gasteiger partial charge >= 0.3 is 5.97 Å². The Morgan fingerprint density at radius 1 is 0.710 bits per heavy atom. The molecule has 31 heavy (non-hydrogen) atoms. The van der Waals surface area contributed by atoms with Crippen LogP contribution in [0, 0.1) is 0 Å². The lowest BCUT2D eigenvalue weighted by Crippen LogP contribution is -2.23. The second-order valence-corrected chi connectivity index (χ2v) is 6.47. The molecule has 3 aromatic rings. The number of carbonyl (C=O) groups excluding carboxylic acids is 2. The van der Waals surface area contributed by atoms with Crippen molar-refractivity contribution in [3.8, 4) is 11.5 Å². The first-order valence-corrected chi connectivity index (χ1v) is 9.85. The molecule has 160 valence electrons. The van der Waals surface area contributed by atoms with Crippen molar-refractivity contribution in [2.45, 2.75) is 6.92 Å². The number of nitrogens with one attached hydrogen (secondary N) is 2. The van der Waals surface area contributed by atoms with E-state index in [1.54, 1.807) is 36.4 Å². The predicted molar refractivity (Wildman–Crippen MR) is 119 cm³/mol. The van der Waals surface area contributed by atoms with Crippen molar-refractivity contribution in [2.24, 2.45) is 0 Å². The highest BCUT2D eigenvalue weighted by atomic mass is 16.6. The normalized spacial score (nSPS) is 10.1. The van der Waals surface area contributed by atoms with Gasteiger partial charge in [-0.25, -0.2) is 4.79 Å². The third kappa shape index (κ3) is 7.40. The fraction of sp³-hybridized carbons (Fsp3) is 0.167. The van der Waals surface area contributed by atoms with Gasteiger partial charge in [-0.2, -0.15) is 0 Å². The van der Waals surface area contributed by atoms with Crippen LogP contribution in [0.1, 0.15) is 6.92 Å². The first-order chi connectivity index (χ1) is 15.1. The number of amides is 1. The van der Waals surface area contributed by atoms with Crippen molar-refractivity contribution in [1.82, 2.24) is 0 Å². The zero-order chi connectivity index (χ0) is 21.9. The molecule has 0 aliphatic carbocycles. The maximum Gasteiger partial charge on any atom is 0.344 e. The van der Waals surface area contributed by atoms with Crippen LogP contribution in [-0.4, -0.2) is 31.7 Å². The number of hydrogen-bond donors (Lipinski definition) is 2. The largest absolute Gasteiger partial charge is 0.494 e. The summed E-state index contributed by atoms with van der Waals surface area (Å²) < 4.78 is 15.7. The Hall–Kier alpha value is -4.00. The molecule has 0 aliphatic heterocycles. The predicted octanol–water partition coefficient (Wildman–Crippen LogP) is 4.39. The molecule has 0 unspecified atom stereocenters. The molecular formula is C24H24N2O5. The molecule has 7 nitrogen and oxygen atoms in total. The Kier molecular flexibility index (Phi) is 7.88. The Balaban J connectivity index is 1.37. The van der Waals surface area contributed by atoms with E-state index in [0.717, 1.165) is 11.4 Å². The third-order valence-electron chi connectivity index (χ3n) is 4.09. The summed E-state index contributed by atoms with van der Waals surface area (Å²) in [5.41, 5.74) is 2.46. The van der Waals surface area contributed by atoms with Crippen molar-refractivity contribution in [3.05, 3.63) is 78.9 Å². The molecule has 0 radical (unpaired) electrons. The van der Waals surface area contributed by atoms with Crippen molar-refractivity contribution in [2.75, 3.05) is 30.5 Å². The van der Waals surface area contributed by atoms with E-state index in [4.69, 9.17) is 14.2 Å². The monoisotopic (exact) mass is 420 g/mol. The number of anilines is 3. The van der Waals surface area contributed by atoms with E-state index in [1.807, 2.05) is 49.4 Å². The Morgan fingerprint density at radius 3 is 1.94 bits per heavy atom. The van der Waals surface area contributed by atoms with Crippen LogP contribution in [0.25, 0.3) is 0 Å². The highest BCUT2D eigenvalue weighted by molar-refractivity contribution is 5.92. The molecule has 0 saturated carbocycles. The van der Waals surface area contributed by atoms with Gasteiger partial charge in [-0.3, -0.25) is 4.79 Å². The van der Waals surface area contributed by atoms with Crippen molar-refractivity contribution < 1.29 is 23.8 Å². The number of hydrogen-bond acceptors (Lipinski definition) is 6. The van der Waals surface area contributed by atoms with E-state index < -0.39 is 18.5 Å². The maximum atomic E-state index is 11.9. The van der Waals surface area contributed by atoms with Crippen molar-refractivity contribution in [1.29, 1.82) is 0 Å². The minimum atomic E-state index is -0.631. The van der Waals surface area contributed by atoms with Crippen LogP contribution in [0.3, 0.4) is 0 Å². The van der Waals surface area contributed by atoms with Crippen LogP contribution in [0.4, 0.5) is 17.1 Å².